The van der Waals surface area contributed by atoms with Gasteiger partial charge in [-0.25, -0.2) is 0 Å². The molecule has 7 heteroatoms. The van der Waals surface area contributed by atoms with E-state index in [-0.39, 0.29) is 37.5 Å². The molecule has 1 aliphatic heterocycles. The van der Waals surface area contributed by atoms with E-state index in [0.717, 1.165) is 44.9 Å². The molecule has 1 heterocycles. The van der Waals surface area contributed by atoms with E-state index in [1.54, 1.807) is 0 Å². The molecule has 35 heavy (non-hydrogen) atoms. The standard InChI is InChI=1S/C28H51NO6/c29-22-18-17-20-27(31)34-24-25-23-33-26(30)19-15-13-11-9-7-5-3-1-2-4-6-8-10-12-14-16-21-28(32)35-25/h25H,1-24,29H2. The Morgan fingerprint density at radius 3 is 1.66 bits per heavy atom. The predicted octanol–water partition coefficient (Wildman–Crippen LogP) is 6.15. The number of ether oxygens (including phenoxy) is 3. The zero-order valence-electron chi connectivity index (χ0n) is 22.1. The molecule has 0 amide bonds. The highest BCUT2D eigenvalue weighted by atomic mass is 16.6. The average molecular weight is 498 g/mol. The van der Waals surface area contributed by atoms with Gasteiger partial charge in [0.05, 0.1) is 0 Å². The molecule has 0 aliphatic carbocycles. The Hall–Kier alpha value is -1.63. The Morgan fingerprint density at radius 1 is 0.714 bits per heavy atom. The Bertz CT molecular complexity index is 554. The van der Waals surface area contributed by atoms with Crippen molar-refractivity contribution < 1.29 is 28.6 Å². The van der Waals surface area contributed by atoms with Crippen molar-refractivity contribution in [2.24, 2.45) is 5.73 Å². The maximum atomic E-state index is 12.3. The summed E-state index contributed by atoms with van der Waals surface area (Å²) in [6.45, 7) is 0.352. The molecule has 1 aliphatic rings. The van der Waals surface area contributed by atoms with Crippen LogP contribution in [0, 0.1) is 0 Å². The molecule has 2 N–H and O–H groups in total. The van der Waals surface area contributed by atoms with Crippen molar-refractivity contribution in [3.05, 3.63) is 0 Å². The van der Waals surface area contributed by atoms with Gasteiger partial charge >= 0.3 is 17.9 Å². The number of carbonyl (C=O) groups is 3. The second-order valence-corrected chi connectivity index (χ2v) is 9.88. The van der Waals surface area contributed by atoms with Crippen molar-refractivity contribution >= 4 is 17.9 Å². The third-order valence-electron chi connectivity index (χ3n) is 6.51. The molecule has 0 bridgehead atoms. The first kappa shape index (κ1) is 31.4. The molecule has 1 unspecified atom stereocenters. The predicted molar refractivity (Wildman–Crippen MR) is 138 cm³/mol. The van der Waals surface area contributed by atoms with Crippen LogP contribution in [0.5, 0.6) is 0 Å². The number of nitrogens with two attached hydrogens (primary N) is 1. The molecule has 1 fully saturated rings. The van der Waals surface area contributed by atoms with E-state index in [9.17, 15) is 14.4 Å². The Labute approximate surface area is 213 Å². The van der Waals surface area contributed by atoms with E-state index in [1.165, 1.54) is 64.2 Å². The van der Waals surface area contributed by atoms with Crippen molar-refractivity contribution in [2.75, 3.05) is 19.8 Å². The van der Waals surface area contributed by atoms with Crippen LogP contribution in [0.15, 0.2) is 0 Å². The van der Waals surface area contributed by atoms with E-state index in [2.05, 4.69) is 0 Å². The Kier molecular flexibility index (Phi) is 20.5. The monoisotopic (exact) mass is 497 g/mol. The molecule has 0 aromatic heterocycles. The summed E-state index contributed by atoms with van der Waals surface area (Å²) < 4.78 is 16.1. The van der Waals surface area contributed by atoms with E-state index < -0.39 is 6.10 Å². The maximum absolute atomic E-state index is 12.3. The summed E-state index contributed by atoms with van der Waals surface area (Å²) in [6.07, 6.45) is 20.5. The van der Waals surface area contributed by atoms with Gasteiger partial charge in [-0.15, -0.1) is 0 Å². The first-order valence-electron chi connectivity index (χ1n) is 14.3. The molecule has 0 radical (unpaired) electrons. The summed E-state index contributed by atoms with van der Waals surface area (Å²) >= 11 is 0. The molecule has 204 valence electrons. The van der Waals surface area contributed by atoms with Gasteiger partial charge in [0.1, 0.15) is 13.2 Å². The van der Waals surface area contributed by atoms with Crippen LogP contribution in [0.1, 0.15) is 135 Å². The highest BCUT2D eigenvalue weighted by Crippen LogP contribution is 2.15. The van der Waals surface area contributed by atoms with E-state index in [0.29, 0.717) is 25.8 Å². The van der Waals surface area contributed by atoms with E-state index in [1.807, 2.05) is 0 Å². The molecular weight excluding hydrogens is 446 g/mol. The van der Waals surface area contributed by atoms with E-state index in [4.69, 9.17) is 19.9 Å². The van der Waals surface area contributed by atoms with Crippen LogP contribution in [0.25, 0.3) is 0 Å². The van der Waals surface area contributed by atoms with Gasteiger partial charge in [0.15, 0.2) is 6.10 Å². The summed E-state index contributed by atoms with van der Waals surface area (Å²) in [5.74, 6) is -0.986. The Balaban J connectivity index is 2.47. The Morgan fingerprint density at radius 2 is 1.17 bits per heavy atom. The smallest absolute Gasteiger partial charge is 0.306 e. The van der Waals surface area contributed by atoms with Crippen LogP contribution in [0.3, 0.4) is 0 Å². The highest BCUT2D eigenvalue weighted by Gasteiger charge is 2.19. The quantitative estimate of drug-likeness (QED) is 0.266. The number of rotatable bonds is 6. The summed E-state index contributed by atoms with van der Waals surface area (Å²) in [5.41, 5.74) is 5.45. The van der Waals surface area contributed by atoms with Crippen molar-refractivity contribution in [3.8, 4) is 0 Å². The molecule has 0 saturated carbocycles. The maximum Gasteiger partial charge on any atom is 0.306 e. The number of unbranched alkanes of at least 4 members (excludes halogenated alkanes) is 1. The van der Waals surface area contributed by atoms with Crippen molar-refractivity contribution in [2.45, 2.75) is 141 Å². The third kappa shape index (κ3) is 20.3. The lowest BCUT2D eigenvalue weighted by molar-refractivity contribution is -0.167. The lowest BCUT2D eigenvalue weighted by Crippen LogP contribution is -2.30. The number of hydrogen-bond donors (Lipinski definition) is 1. The van der Waals surface area contributed by atoms with Crippen molar-refractivity contribution in [3.63, 3.8) is 0 Å². The third-order valence-corrected chi connectivity index (χ3v) is 6.51. The van der Waals surface area contributed by atoms with Crippen LogP contribution in [-0.2, 0) is 28.6 Å². The summed E-state index contributed by atoms with van der Waals surface area (Å²) in [4.78, 5) is 36.4. The summed E-state index contributed by atoms with van der Waals surface area (Å²) in [5, 5.41) is 0. The normalized spacial score (nSPS) is 21.8. The van der Waals surface area contributed by atoms with Gasteiger partial charge in [0, 0.05) is 19.3 Å². The fourth-order valence-electron chi connectivity index (χ4n) is 4.30. The fraction of sp³-hybridized carbons (Fsp3) is 0.893. The first-order valence-corrected chi connectivity index (χ1v) is 14.3. The second kappa shape index (κ2) is 22.8. The average Bonchev–Trinajstić information content (AvgIpc) is 2.84. The van der Waals surface area contributed by atoms with Crippen LogP contribution < -0.4 is 5.73 Å². The zero-order valence-corrected chi connectivity index (χ0v) is 22.1. The van der Waals surface area contributed by atoms with Crippen LogP contribution >= 0.6 is 0 Å². The minimum absolute atomic E-state index is 0.0827. The fourth-order valence-corrected chi connectivity index (χ4v) is 4.30. The highest BCUT2D eigenvalue weighted by molar-refractivity contribution is 5.71. The second-order valence-electron chi connectivity index (χ2n) is 9.88. The van der Waals surface area contributed by atoms with Gasteiger partial charge in [0.2, 0.25) is 0 Å². The van der Waals surface area contributed by atoms with Crippen LogP contribution in [-0.4, -0.2) is 43.8 Å². The molecule has 7 nitrogen and oxygen atoms in total. The SMILES string of the molecule is NCCCCC(=O)OCC1COC(=O)CCCCCCCCCCCCCCCCCCC(=O)O1. The molecule has 1 saturated heterocycles. The number of hydrogen-bond acceptors (Lipinski definition) is 7. The largest absolute Gasteiger partial charge is 0.462 e. The minimum atomic E-state index is -0.768. The van der Waals surface area contributed by atoms with Gasteiger partial charge in [-0.1, -0.05) is 89.9 Å². The lowest BCUT2D eigenvalue weighted by Gasteiger charge is -2.18. The van der Waals surface area contributed by atoms with Crippen LogP contribution in [0.4, 0.5) is 0 Å². The van der Waals surface area contributed by atoms with Gasteiger partial charge in [-0.2, -0.15) is 0 Å². The molecular formula is C28H51NO6. The van der Waals surface area contributed by atoms with Crippen molar-refractivity contribution in [1.82, 2.24) is 0 Å². The molecule has 1 atom stereocenters. The number of cyclic esters (lactones) is 2. The van der Waals surface area contributed by atoms with Gasteiger partial charge in [0.25, 0.3) is 0 Å². The van der Waals surface area contributed by atoms with E-state index >= 15 is 0 Å². The first-order chi connectivity index (χ1) is 17.1. The zero-order chi connectivity index (χ0) is 25.4. The summed E-state index contributed by atoms with van der Waals surface area (Å²) in [6, 6.07) is 0. The topological polar surface area (TPSA) is 105 Å². The lowest BCUT2D eigenvalue weighted by atomic mass is 10.0. The van der Waals surface area contributed by atoms with Gasteiger partial charge < -0.3 is 19.9 Å². The molecule has 0 aromatic rings. The number of esters is 3. The van der Waals surface area contributed by atoms with Crippen LogP contribution in [0.2, 0.25) is 0 Å². The van der Waals surface area contributed by atoms with Crippen molar-refractivity contribution in [1.29, 1.82) is 0 Å². The number of carbonyl (C=O) groups excluding carboxylic acids is 3. The van der Waals surface area contributed by atoms with Gasteiger partial charge in [-0.3, -0.25) is 14.4 Å². The molecule has 1 rings (SSSR count). The molecule has 0 aromatic carbocycles. The minimum Gasteiger partial charge on any atom is -0.462 e. The summed E-state index contributed by atoms with van der Waals surface area (Å²) in [7, 11) is 0. The van der Waals surface area contributed by atoms with Gasteiger partial charge in [-0.05, 0) is 32.2 Å². The molecule has 0 spiro atoms.